The van der Waals surface area contributed by atoms with Crippen LogP contribution in [0, 0.1) is 6.92 Å². The summed E-state index contributed by atoms with van der Waals surface area (Å²) >= 11 is 0. The number of carbonyl (C=O) groups excluding carboxylic acids is 1. The molecule has 1 amide bonds. The van der Waals surface area contributed by atoms with Gasteiger partial charge in [-0.2, -0.15) is 5.10 Å². The zero-order chi connectivity index (χ0) is 16.9. The Labute approximate surface area is 138 Å². The average Bonchev–Trinajstić information content (AvgIpc) is 3.08. The van der Waals surface area contributed by atoms with Crippen LogP contribution < -0.4 is 10.9 Å². The van der Waals surface area contributed by atoms with Gasteiger partial charge in [-0.25, -0.2) is 4.98 Å². The van der Waals surface area contributed by atoms with Crippen LogP contribution in [-0.4, -0.2) is 25.7 Å². The average molecular weight is 323 g/mol. The molecule has 0 saturated carbocycles. The molecule has 0 saturated heterocycles. The number of carbonyl (C=O) groups is 1. The van der Waals surface area contributed by atoms with E-state index in [9.17, 15) is 9.59 Å². The van der Waals surface area contributed by atoms with Crippen molar-refractivity contribution in [1.29, 1.82) is 0 Å². The summed E-state index contributed by atoms with van der Waals surface area (Å²) in [5.74, 6) is -0.00235. The van der Waals surface area contributed by atoms with Crippen molar-refractivity contribution in [2.24, 2.45) is 0 Å². The Morgan fingerprint density at radius 3 is 2.75 bits per heavy atom. The fraction of sp³-hybridized carbons (Fsp3) is 0.176. The fourth-order valence-electron chi connectivity index (χ4n) is 2.40. The van der Waals surface area contributed by atoms with E-state index in [-0.39, 0.29) is 11.6 Å². The first-order chi connectivity index (χ1) is 11.6. The van der Waals surface area contributed by atoms with E-state index in [1.807, 2.05) is 42.6 Å². The highest BCUT2D eigenvalue weighted by atomic mass is 16.2. The smallest absolute Gasteiger partial charge is 0.263 e. The van der Waals surface area contributed by atoms with Gasteiger partial charge < -0.3 is 10.3 Å². The molecule has 1 atom stereocenters. The van der Waals surface area contributed by atoms with Gasteiger partial charge in [-0.05, 0) is 18.6 Å². The summed E-state index contributed by atoms with van der Waals surface area (Å²) in [5.41, 5.74) is 0.464. The number of H-pyrrole nitrogens is 1. The number of hydrogen-bond acceptors (Lipinski definition) is 4. The molecule has 0 radical (unpaired) electrons. The van der Waals surface area contributed by atoms with Crippen LogP contribution in [0.5, 0.6) is 0 Å². The molecule has 0 aliphatic heterocycles. The number of nitrogens with one attached hydrogen (secondary N) is 2. The number of aromatic nitrogens is 4. The lowest BCUT2D eigenvalue weighted by molar-refractivity contribution is 0.0930. The summed E-state index contributed by atoms with van der Waals surface area (Å²) < 4.78 is 1.73. The molecule has 2 aromatic heterocycles. The van der Waals surface area contributed by atoms with Crippen LogP contribution in [0.4, 0.5) is 0 Å². The quantitative estimate of drug-likeness (QED) is 0.743. The van der Waals surface area contributed by atoms with Crippen LogP contribution in [-0.2, 0) is 6.54 Å². The van der Waals surface area contributed by atoms with E-state index < -0.39 is 11.5 Å². The SMILES string of the molecule is Cc1ncc(C(=O)N[C@H](Cn2cccn2)c2ccccc2)c(=O)[nH]1. The van der Waals surface area contributed by atoms with Crippen molar-refractivity contribution in [3.8, 4) is 0 Å². The summed E-state index contributed by atoms with van der Waals surface area (Å²) in [6.07, 6.45) is 4.79. The molecule has 0 bridgehead atoms. The van der Waals surface area contributed by atoms with Crippen molar-refractivity contribution >= 4 is 5.91 Å². The number of aryl methyl sites for hydroxylation is 1. The second-order valence-electron chi connectivity index (χ2n) is 5.38. The number of hydrogen-bond donors (Lipinski definition) is 2. The van der Waals surface area contributed by atoms with Crippen molar-refractivity contribution < 1.29 is 4.79 Å². The van der Waals surface area contributed by atoms with Gasteiger partial charge in [0.05, 0.1) is 12.6 Å². The minimum absolute atomic E-state index is 0.0120. The Kier molecular flexibility index (Phi) is 4.51. The molecule has 122 valence electrons. The van der Waals surface area contributed by atoms with E-state index in [0.717, 1.165) is 5.56 Å². The van der Waals surface area contributed by atoms with Crippen molar-refractivity contribution in [1.82, 2.24) is 25.1 Å². The van der Waals surface area contributed by atoms with E-state index in [0.29, 0.717) is 12.4 Å². The summed E-state index contributed by atoms with van der Waals surface area (Å²) in [6, 6.07) is 11.1. The van der Waals surface area contributed by atoms with Crippen molar-refractivity contribution in [2.45, 2.75) is 19.5 Å². The van der Waals surface area contributed by atoms with Crippen molar-refractivity contribution in [3.05, 3.63) is 82.3 Å². The Morgan fingerprint density at radius 1 is 1.29 bits per heavy atom. The molecule has 3 rings (SSSR count). The molecule has 2 N–H and O–H groups in total. The molecule has 24 heavy (non-hydrogen) atoms. The molecular weight excluding hydrogens is 306 g/mol. The van der Waals surface area contributed by atoms with Crippen LogP contribution in [0.1, 0.15) is 27.8 Å². The summed E-state index contributed by atoms with van der Waals surface area (Å²) in [5, 5.41) is 7.06. The van der Waals surface area contributed by atoms with Crippen molar-refractivity contribution in [2.75, 3.05) is 0 Å². The zero-order valence-corrected chi connectivity index (χ0v) is 13.1. The summed E-state index contributed by atoms with van der Waals surface area (Å²) in [7, 11) is 0. The summed E-state index contributed by atoms with van der Waals surface area (Å²) in [4.78, 5) is 30.9. The maximum atomic E-state index is 12.5. The second kappa shape index (κ2) is 6.91. The molecule has 0 spiro atoms. The number of benzene rings is 1. The lowest BCUT2D eigenvalue weighted by atomic mass is 10.1. The van der Waals surface area contributed by atoms with E-state index in [1.54, 1.807) is 17.8 Å². The van der Waals surface area contributed by atoms with Crippen LogP contribution in [0.3, 0.4) is 0 Å². The Morgan fingerprint density at radius 2 is 2.08 bits per heavy atom. The first-order valence-corrected chi connectivity index (χ1v) is 7.52. The van der Waals surface area contributed by atoms with Crippen LogP contribution in [0.2, 0.25) is 0 Å². The highest BCUT2D eigenvalue weighted by Crippen LogP contribution is 2.15. The molecule has 3 aromatic rings. The first kappa shape index (κ1) is 15.7. The predicted octanol–water partition coefficient (Wildman–Crippen LogP) is 1.45. The molecule has 0 aliphatic rings. The topological polar surface area (TPSA) is 92.7 Å². The van der Waals surface area contributed by atoms with Gasteiger partial charge in [0, 0.05) is 18.6 Å². The number of amides is 1. The van der Waals surface area contributed by atoms with Crippen LogP contribution in [0.25, 0.3) is 0 Å². The fourth-order valence-corrected chi connectivity index (χ4v) is 2.40. The van der Waals surface area contributed by atoms with Gasteiger partial charge in [0.2, 0.25) is 0 Å². The number of nitrogens with zero attached hydrogens (tertiary/aromatic N) is 3. The lowest BCUT2D eigenvalue weighted by Gasteiger charge is -2.19. The lowest BCUT2D eigenvalue weighted by Crippen LogP contribution is -2.35. The van der Waals surface area contributed by atoms with E-state index in [2.05, 4.69) is 20.4 Å². The molecule has 7 nitrogen and oxygen atoms in total. The number of rotatable bonds is 5. The third kappa shape index (κ3) is 3.57. The monoisotopic (exact) mass is 323 g/mol. The maximum Gasteiger partial charge on any atom is 0.263 e. The highest BCUT2D eigenvalue weighted by molar-refractivity contribution is 5.93. The molecule has 0 unspecified atom stereocenters. The van der Waals surface area contributed by atoms with Gasteiger partial charge >= 0.3 is 0 Å². The maximum absolute atomic E-state index is 12.5. The minimum Gasteiger partial charge on any atom is -0.343 e. The van der Waals surface area contributed by atoms with Gasteiger partial charge in [0.1, 0.15) is 11.4 Å². The zero-order valence-electron chi connectivity index (χ0n) is 13.1. The van der Waals surface area contributed by atoms with Gasteiger partial charge in [-0.15, -0.1) is 0 Å². The first-order valence-electron chi connectivity index (χ1n) is 7.52. The van der Waals surface area contributed by atoms with Crippen molar-refractivity contribution in [3.63, 3.8) is 0 Å². The molecular formula is C17H17N5O2. The molecule has 1 aromatic carbocycles. The second-order valence-corrected chi connectivity index (χ2v) is 5.38. The normalized spacial score (nSPS) is 11.9. The molecule has 0 fully saturated rings. The van der Waals surface area contributed by atoms with Gasteiger partial charge in [0.25, 0.3) is 11.5 Å². The molecule has 7 heteroatoms. The van der Waals surface area contributed by atoms with Gasteiger partial charge in [-0.1, -0.05) is 30.3 Å². The van der Waals surface area contributed by atoms with Gasteiger partial charge in [0.15, 0.2) is 0 Å². The summed E-state index contributed by atoms with van der Waals surface area (Å²) in [6.45, 7) is 2.12. The third-order valence-electron chi connectivity index (χ3n) is 3.61. The Hall–Kier alpha value is -3.22. The Balaban J connectivity index is 1.86. The molecule has 2 heterocycles. The Bertz CT molecular complexity index is 872. The third-order valence-corrected chi connectivity index (χ3v) is 3.61. The highest BCUT2D eigenvalue weighted by Gasteiger charge is 2.19. The van der Waals surface area contributed by atoms with E-state index in [4.69, 9.17) is 0 Å². The predicted molar refractivity (Wildman–Crippen MR) is 88.5 cm³/mol. The minimum atomic E-state index is -0.468. The van der Waals surface area contributed by atoms with E-state index in [1.165, 1.54) is 6.20 Å². The number of aromatic amines is 1. The standard InChI is InChI=1S/C17H17N5O2/c1-12-18-10-14(16(23)20-12)17(24)21-15(11-22-9-5-8-19-22)13-6-3-2-4-7-13/h2-10,15H,11H2,1H3,(H,21,24)(H,18,20,23)/t15-/m1/s1. The van der Waals surface area contributed by atoms with E-state index >= 15 is 0 Å². The largest absolute Gasteiger partial charge is 0.343 e. The van der Waals surface area contributed by atoms with Gasteiger partial charge in [-0.3, -0.25) is 14.3 Å². The molecule has 0 aliphatic carbocycles. The van der Waals surface area contributed by atoms with Crippen LogP contribution in [0.15, 0.2) is 59.8 Å². The van der Waals surface area contributed by atoms with Crippen LogP contribution >= 0.6 is 0 Å².